The fourth-order valence-corrected chi connectivity index (χ4v) is 2.94. The number of rotatable bonds is 7. The topological polar surface area (TPSA) is 79.0 Å². The molecule has 148 valence electrons. The van der Waals surface area contributed by atoms with Gasteiger partial charge in [0.1, 0.15) is 18.2 Å². The highest BCUT2D eigenvalue weighted by molar-refractivity contribution is 5.82. The Morgan fingerprint density at radius 2 is 2.00 bits per heavy atom. The molecule has 7 heteroatoms. The predicted molar refractivity (Wildman–Crippen MR) is 116 cm³/mol. The molecule has 0 saturated heterocycles. The lowest BCUT2D eigenvalue weighted by molar-refractivity contribution is 0.261. The Labute approximate surface area is 169 Å². The lowest BCUT2D eigenvalue weighted by Crippen LogP contribution is -2.19. The van der Waals surface area contributed by atoms with Crippen molar-refractivity contribution in [3.05, 3.63) is 60.4 Å². The number of aryl methyl sites for hydroxylation is 1. The minimum absolute atomic E-state index is 0.633. The molecule has 4 aromatic rings. The maximum atomic E-state index is 5.84. The molecule has 0 radical (unpaired) electrons. The molecular weight excluding hydrogens is 364 g/mol. The van der Waals surface area contributed by atoms with E-state index in [1.807, 2.05) is 69.7 Å². The molecule has 4 rings (SSSR count). The fourth-order valence-electron chi connectivity index (χ4n) is 2.94. The van der Waals surface area contributed by atoms with Crippen molar-refractivity contribution in [3.63, 3.8) is 0 Å². The Morgan fingerprint density at radius 3 is 2.86 bits per heavy atom. The zero-order valence-corrected chi connectivity index (χ0v) is 16.8. The van der Waals surface area contributed by atoms with Crippen LogP contribution in [0.4, 0.5) is 11.5 Å². The van der Waals surface area contributed by atoms with E-state index in [4.69, 9.17) is 9.72 Å². The van der Waals surface area contributed by atoms with Crippen molar-refractivity contribution in [3.8, 4) is 17.1 Å². The normalized spacial score (nSPS) is 11.2. The molecule has 29 heavy (non-hydrogen) atoms. The number of aromatic nitrogens is 4. The molecule has 2 aromatic heterocycles. The third-order valence-electron chi connectivity index (χ3n) is 4.57. The summed E-state index contributed by atoms with van der Waals surface area (Å²) in [5.41, 5.74) is 3.84. The van der Waals surface area contributed by atoms with Gasteiger partial charge in [-0.25, -0.2) is 9.97 Å². The van der Waals surface area contributed by atoms with Gasteiger partial charge in [0.25, 0.3) is 0 Å². The number of anilines is 2. The molecule has 2 aromatic carbocycles. The second-order valence-corrected chi connectivity index (χ2v) is 7.20. The van der Waals surface area contributed by atoms with E-state index in [2.05, 4.69) is 25.4 Å². The molecule has 0 atom stereocenters. The van der Waals surface area contributed by atoms with Gasteiger partial charge < -0.3 is 15.0 Å². The van der Waals surface area contributed by atoms with E-state index in [0.29, 0.717) is 12.4 Å². The van der Waals surface area contributed by atoms with Crippen molar-refractivity contribution in [1.82, 2.24) is 25.1 Å². The second-order valence-electron chi connectivity index (χ2n) is 7.20. The van der Waals surface area contributed by atoms with Crippen LogP contribution in [-0.2, 0) is 0 Å². The highest BCUT2D eigenvalue weighted by atomic mass is 16.5. The molecular formula is C22H24N6O. The first kappa shape index (κ1) is 18.9. The number of aromatic amines is 1. The van der Waals surface area contributed by atoms with Crippen molar-refractivity contribution >= 4 is 22.4 Å². The van der Waals surface area contributed by atoms with Gasteiger partial charge in [0.2, 0.25) is 0 Å². The number of benzene rings is 2. The van der Waals surface area contributed by atoms with Crippen molar-refractivity contribution in [2.24, 2.45) is 0 Å². The Hall–Kier alpha value is -3.45. The van der Waals surface area contributed by atoms with Gasteiger partial charge in [0.15, 0.2) is 5.82 Å². The number of hydrogen-bond acceptors (Lipinski definition) is 6. The summed E-state index contributed by atoms with van der Waals surface area (Å²) in [7, 11) is 4.05. The maximum Gasteiger partial charge on any atom is 0.161 e. The monoisotopic (exact) mass is 388 g/mol. The van der Waals surface area contributed by atoms with Crippen LogP contribution in [0.25, 0.3) is 22.3 Å². The van der Waals surface area contributed by atoms with Crippen LogP contribution >= 0.6 is 0 Å². The first-order valence-corrected chi connectivity index (χ1v) is 9.50. The van der Waals surface area contributed by atoms with Crippen molar-refractivity contribution in [1.29, 1.82) is 0 Å². The number of hydrogen-bond donors (Lipinski definition) is 2. The molecule has 0 fully saturated rings. The summed E-state index contributed by atoms with van der Waals surface area (Å²) in [4.78, 5) is 11.3. The van der Waals surface area contributed by atoms with E-state index >= 15 is 0 Å². The molecule has 2 heterocycles. The minimum Gasteiger partial charge on any atom is -0.492 e. The Balaban J connectivity index is 1.56. The van der Waals surface area contributed by atoms with Crippen LogP contribution in [0.5, 0.6) is 5.75 Å². The van der Waals surface area contributed by atoms with Crippen LogP contribution in [0.15, 0.2) is 54.9 Å². The number of nitrogens with zero attached hydrogens (tertiary/aromatic N) is 4. The van der Waals surface area contributed by atoms with E-state index in [-0.39, 0.29) is 0 Å². The predicted octanol–water partition coefficient (Wildman–Crippen LogP) is 4.01. The molecule has 0 aliphatic rings. The summed E-state index contributed by atoms with van der Waals surface area (Å²) < 4.78 is 5.84. The largest absolute Gasteiger partial charge is 0.492 e. The van der Waals surface area contributed by atoms with Crippen molar-refractivity contribution < 1.29 is 4.74 Å². The summed E-state index contributed by atoms with van der Waals surface area (Å²) in [6, 6.07) is 13.9. The van der Waals surface area contributed by atoms with Gasteiger partial charge in [-0.3, -0.25) is 5.10 Å². The third-order valence-corrected chi connectivity index (χ3v) is 4.57. The summed E-state index contributed by atoms with van der Waals surface area (Å²) in [5, 5.41) is 11.5. The average molecular weight is 388 g/mol. The van der Waals surface area contributed by atoms with E-state index in [1.165, 1.54) is 0 Å². The molecule has 7 nitrogen and oxygen atoms in total. The molecule has 2 N–H and O–H groups in total. The lowest BCUT2D eigenvalue weighted by atomic mass is 10.2. The highest BCUT2D eigenvalue weighted by Crippen LogP contribution is 2.26. The number of ether oxygens (including phenoxy) is 1. The first-order valence-electron chi connectivity index (χ1n) is 9.50. The summed E-state index contributed by atoms with van der Waals surface area (Å²) >= 11 is 0. The van der Waals surface area contributed by atoms with Gasteiger partial charge in [0, 0.05) is 34.9 Å². The number of fused-ring (bicyclic) bond motifs is 1. The quantitative estimate of drug-likeness (QED) is 0.498. The average Bonchev–Trinajstić information content (AvgIpc) is 3.17. The van der Waals surface area contributed by atoms with Gasteiger partial charge in [-0.2, -0.15) is 5.10 Å². The van der Waals surface area contributed by atoms with E-state index in [1.54, 1.807) is 6.20 Å². The summed E-state index contributed by atoms with van der Waals surface area (Å²) in [5.74, 6) is 2.24. The molecule has 0 aliphatic heterocycles. The van der Waals surface area contributed by atoms with Crippen LogP contribution in [0.2, 0.25) is 0 Å². The third kappa shape index (κ3) is 4.52. The van der Waals surface area contributed by atoms with Gasteiger partial charge in [-0.05, 0) is 51.4 Å². The Morgan fingerprint density at radius 1 is 1.10 bits per heavy atom. The number of nitrogens with one attached hydrogen (secondary N) is 2. The molecule has 0 amide bonds. The Bertz CT molecular complexity index is 1120. The van der Waals surface area contributed by atoms with E-state index in [0.717, 1.165) is 45.8 Å². The lowest BCUT2D eigenvalue weighted by Gasteiger charge is -2.12. The zero-order valence-electron chi connectivity index (χ0n) is 16.8. The van der Waals surface area contributed by atoms with Crippen molar-refractivity contribution in [2.45, 2.75) is 6.92 Å². The smallest absolute Gasteiger partial charge is 0.161 e. The van der Waals surface area contributed by atoms with Gasteiger partial charge >= 0.3 is 0 Å². The Kier molecular flexibility index (Phi) is 5.39. The van der Waals surface area contributed by atoms with Crippen LogP contribution in [0, 0.1) is 6.92 Å². The van der Waals surface area contributed by atoms with Gasteiger partial charge in [-0.1, -0.05) is 12.1 Å². The van der Waals surface area contributed by atoms with Crippen LogP contribution < -0.4 is 10.1 Å². The molecule has 0 spiro atoms. The highest BCUT2D eigenvalue weighted by Gasteiger charge is 2.09. The number of likely N-dealkylation sites (N-methyl/N-ethyl adjacent to an activating group) is 1. The van der Waals surface area contributed by atoms with Crippen molar-refractivity contribution in [2.75, 3.05) is 32.6 Å². The fraction of sp³-hybridized carbons (Fsp3) is 0.227. The minimum atomic E-state index is 0.633. The van der Waals surface area contributed by atoms with Gasteiger partial charge in [-0.15, -0.1) is 0 Å². The van der Waals surface area contributed by atoms with E-state index < -0.39 is 0 Å². The molecule has 0 bridgehead atoms. The summed E-state index contributed by atoms with van der Waals surface area (Å²) in [6.07, 6.45) is 3.64. The first-order chi connectivity index (χ1) is 14.1. The zero-order chi connectivity index (χ0) is 20.2. The van der Waals surface area contributed by atoms with Crippen LogP contribution in [-0.4, -0.2) is 52.3 Å². The van der Waals surface area contributed by atoms with E-state index in [9.17, 15) is 0 Å². The number of H-pyrrole nitrogens is 1. The summed E-state index contributed by atoms with van der Waals surface area (Å²) in [6.45, 7) is 3.48. The SMILES string of the molecule is Cc1cnc(-c2cccc(OCCN(C)C)c2)nc1Nc1ccc2[nH]ncc2c1. The maximum absolute atomic E-state index is 5.84. The second kappa shape index (κ2) is 8.28. The van der Waals surface area contributed by atoms with Gasteiger partial charge in [0.05, 0.1) is 11.7 Å². The van der Waals surface area contributed by atoms with Crippen LogP contribution in [0.1, 0.15) is 5.56 Å². The van der Waals surface area contributed by atoms with Crippen LogP contribution in [0.3, 0.4) is 0 Å². The molecule has 0 unspecified atom stereocenters. The standard InChI is InChI=1S/C22H24N6O/c1-15-13-23-22(16-5-4-6-19(12-16)29-10-9-28(2)3)26-21(15)25-18-7-8-20-17(11-18)14-24-27-20/h4-8,11-14H,9-10H2,1-3H3,(H,24,27)(H,23,25,26). The molecule has 0 saturated carbocycles. The molecule has 0 aliphatic carbocycles.